The van der Waals surface area contributed by atoms with Gasteiger partial charge in [-0.2, -0.15) is 0 Å². The molecule has 1 saturated carbocycles. The number of carbonyl (C=O) groups is 2. The van der Waals surface area contributed by atoms with Crippen molar-refractivity contribution in [2.75, 3.05) is 5.32 Å². The molecular formula is C16H18N2O3S2. The number of aromatic nitrogens is 1. The summed E-state index contributed by atoms with van der Waals surface area (Å²) >= 11 is 3.00. The number of thiophene rings is 1. The Kier molecular flexibility index (Phi) is 4.77. The summed E-state index contributed by atoms with van der Waals surface area (Å²) in [4.78, 5) is 28.9. The lowest BCUT2D eigenvalue weighted by molar-refractivity contribution is -0.140. The monoisotopic (exact) mass is 350 g/mol. The lowest BCUT2D eigenvalue weighted by Gasteiger charge is -2.25. The molecule has 1 aliphatic rings. The van der Waals surface area contributed by atoms with E-state index in [0.717, 1.165) is 36.3 Å². The molecule has 0 unspecified atom stereocenters. The number of amides is 1. The number of rotatable bonds is 6. The second-order valence-corrected chi connectivity index (χ2v) is 7.82. The second-order valence-electron chi connectivity index (χ2n) is 6.02. The van der Waals surface area contributed by atoms with Crippen LogP contribution in [0.1, 0.15) is 38.5 Å². The number of nitrogens with zero attached hydrogens (tertiary/aromatic N) is 1. The highest BCUT2D eigenvalue weighted by molar-refractivity contribution is 7.16. The normalized spacial score (nSPS) is 16.3. The highest BCUT2D eigenvalue weighted by atomic mass is 32.1. The minimum Gasteiger partial charge on any atom is -0.481 e. The molecule has 0 spiro atoms. The van der Waals surface area contributed by atoms with Gasteiger partial charge in [-0.25, -0.2) is 4.98 Å². The van der Waals surface area contributed by atoms with E-state index in [2.05, 4.69) is 10.3 Å². The standard InChI is InChI=1S/C16H18N2O3S2/c19-13(8-16(9-14(20)21)5-1-2-6-16)18-15-17-11(10-23-15)12-4-3-7-22-12/h3-4,7,10H,1-2,5-6,8-9H2,(H,20,21)(H,17,18,19). The van der Waals surface area contributed by atoms with E-state index < -0.39 is 5.97 Å². The van der Waals surface area contributed by atoms with Crippen LogP contribution in [0.25, 0.3) is 10.6 Å². The summed E-state index contributed by atoms with van der Waals surface area (Å²) in [5.74, 6) is -0.964. The number of carboxylic acids is 1. The summed E-state index contributed by atoms with van der Waals surface area (Å²) in [6.45, 7) is 0. The first-order chi connectivity index (χ1) is 11.1. The van der Waals surface area contributed by atoms with Gasteiger partial charge in [0.1, 0.15) is 0 Å². The molecule has 0 bridgehead atoms. The first kappa shape index (κ1) is 16.1. The van der Waals surface area contributed by atoms with Crippen LogP contribution in [0.2, 0.25) is 0 Å². The molecule has 122 valence electrons. The quantitative estimate of drug-likeness (QED) is 0.817. The molecule has 23 heavy (non-hydrogen) atoms. The van der Waals surface area contributed by atoms with Gasteiger partial charge >= 0.3 is 5.97 Å². The van der Waals surface area contributed by atoms with E-state index in [-0.39, 0.29) is 24.2 Å². The van der Waals surface area contributed by atoms with Crippen LogP contribution in [0.3, 0.4) is 0 Å². The van der Waals surface area contributed by atoms with Crippen LogP contribution < -0.4 is 5.32 Å². The zero-order valence-corrected chi connectivity index (χ0v) is 14.2. The van der Waals surface area contributed by atoms with Crippen LogP contribution in [-0.4, -0.2) is 22.0 Å². The van der Waals surface area contributed by atoms with Gasteiger partial charge in [-0.15, -0.1) is 22.7 Å². The molecule has 0 atom stereocenters. The lowest BCUT2D eigenvalue weighted by Crippen LogP contribution is -2.27. The molecule has 5 nitrogen and oxygen atoms in total. The highest BCUT2D eigenvalue weighted by Gasteiger charge is 2.38. The highest BCUT2D eigenvalue weighted by Crippen LogP contribution is 2.44. The molecule has 2 N–H and O–H groups in total. The fraction of sp³-hybridized carbons (Fsp3) is 0.438. The van der Waals surface area contributed by atoms with Crippen molar-refractivity contribution in [3.8, 4) is 10.6 Å². The van der Waals surface area contributed by atoms with Gasteiger partial charge in [-0.05, 0) is 29.7 Å². The van der Waals surface area contributed by atoms with Gasteiger partial charge in [0.05, 0.1) is 17.0 Å². The number of aliphatic carboxylic acids is 1. The molecule has 7 heteroatoms. The summed E-state index contributed by atoms with van der Waals surface area (Å²) in [6, 6.07) is 3.96. The van der Waals surface area contributed by atoms with Gasteiger partial charge in [-0.3, -0.25) is 9.59 Å². The van der Waals surface area contributed by atoms with Gasteiger partial charge in [0, 0.05) is 11.8 Å². The van der Waals surface area contributed by atoms with E-state index in [0.29, 0.717) is 5.13 Å². The Balaban J connectivity index is 1.63. The van der Waals surface area contributed by atoms with Gasteiger partial charge in [0.2, 0.25) is 5.91 Å². The molecule has 0 aromatic carbocycles. The van der Waals surface area contributed by atoms with Gasteiger partial charge in [0.25, 0.3) is 0 Å². The fourth-order valence-electron chi connectivity index (χ4n) is 3.23. The largest absolute Gasteiger partial charge is 0.481 e. The summed E-state index contributed by atoms with van der Waals surface area (Å²) in [5.41, 5.74) is 0.477. The Hall–Kier alpha value is -1.73. The van der Waals surface area contributed by atoms with Gasteiger partial charge < -0.3 is 10.4 Å². The molecule has 2 aromatic heterocycles. The zero-order valence-electron chi connectivity index (χ0n) is 12.6. The molecule has 2 aromatic rings. The van der Waals surface area contributed by atoms with Gasteiger partial charge in [0.15, 0.2) is 5.13 Å². The summed E-state index contributed by atoms with van der Waals surface area (Å²) in [7, 11) is 0. The third-order valence-electron chi connectivity index (χ3n) is 4.25. The first-order valence-electron chi connectivity index (χ1n) is 7.57. The lowest BCUT2D eigenvalue weighted by atomic mass is 9.79. The molecular weight excluding hydrogens is 332 g/mol. The van der Waals surface area contributed by atoms with E-state index in [1.54, 1.807) is 11.3 Å². The molecule has 1 aliphatic carbocycles. The fourth-order valence-corrected chi connectivity index (χ4v) is 4.72. The second kappa shape index (κ2) is 6.80. The maximum absolute atomic E-state index is 12.3. The smallest absolute Gasteiger partial charge is 0.303 e. The number of thiazole rings is 1. The molecule has 2 heterocycles. The van der Waals surface area contributed by atoms with Crippen LogP contribution in [-0.2, 0) is 9.59 Å². The Morgan fingerprint density at radius 2 is 2.04 bits per heavy atom. The maximum atomic E-state index is 12.3. The predicted molar refractivity (Wildman–Crippen MR) is 91.8 cm³/mol. The van der Waals surface area contributed by atoms with Crippen molar-refractivity contribution in [1.29, 1.82) is 0 Å². The number of hydrogen-bond donors (Lipinski definition) is 2. The summed E-state index contributed by atoms with van der Waals surface area (Å²) in [5, 5.41) is 16.4. The maximum Gasteiger partial charge on any atom is 0.303 e. The Labute approximate surface area is 142 Å². The van der Waals surface area contributed by atoms with E-state index in [9.17, 15) is 9.59 Å². The van der Waals surface area contributed by atoms with Crippen molar-refractivity contribution in [1.82, 2.24) is 4.98 Å². The number of carboxylic acid groups (broad SMARTS) is 1. The third kappa shape index (κ3) is 3.97. The van der Waals surface area contributed by atoms with E-state index in [4.69, 9.17) is 5.11 Å². The van der Waals surface area contributed by atoms with Crippen LogP contribution in [0, 0.1) is 5.41 Å². The Bertz CT molecular complexity index is 688. The van der Waals surface area contributed by atoms with E-state index in [1.807, 2.05) is 22.9 Å². The topological polar surface area (TPSA) is 79.3 Å². The molecule has 1 amide bonds. The van der Waals surface area contributed by atoms with Crippen molar-refractivity contribution in [2.24, 2.45) is 5.41 Å². The predicted octanol–water partition coefficient (Wildman–Crippen LogP) is 4.24. The van der Waals surface area contributed by atoms with Crippen LogP contribution >= 0.6 is 22.7 Å². The zero-order chi connectivity index (χ0) is 16.3. The Morgan fingerprint density at radius 3 is 2.70 bits per heavy atom. The average molecular weight is 350 g/mol. The molecule has 0 radical (unpaired) electrons. The van der Waals surface area contributed by atoms with Crippen molar-refractivity contribution < 1.29 is 14.7 Å². The molecule has 0 aliphatic heterocycles. The SMILES string of the molecule is O=C(O)CC1(CC(=O)Nc2nc(-c3cccs3)cs2)CCCC1. The molecule has 3 rings (SSSR count). The summed E-state index contributed by atoms with van der Waals surface area (Å²) in [6.07, 6.45) is 3.95. The number of nitrogens with one attached hydrogen (secondary N) is 1. The van der Waals surface area contributed by atoms with Crippen LogP contribution in [0.4, 0.5) is 5.13 Å². The van der Waals surface area contributed by atoms with E-state index in [1.165, 1.54) is 11.3 Å². The van der Waals surface area contributed by atoms with Crippen molar-refractivity contribution in [2.45, 2.75) is 38.5 Å². The van der Waals surface area contributed by atoms with Gasteiger partial charge in [-0.1, -0.05) is 18.9 Å². The number of hydrogen-bond acceptors (Lipinski definition) is 5. The van der Waals surface area contributed by atoms with Crippen molar-refractivity contribution in [3.05, 3.63) is 22.9 Å². The minimum atomic E-state index is -0.825. The first-order valence-corrected chi connectivity index (χ1v) is 9.33. The molecule has 0 saturated heterocycles. The summed E-state index contributed by atoms with van der Waals surface area (Å²) < 4.78 is 0. The van der Waals surface area contributed by atoms with E-state index >= 15 is 0 Å². The van der Waals surface area contributed by atoms with Crippen LogP contribution in [0.5, 0.6) is 0 Å². The third-order valence-corrected chi connectivity index (χ3v) is 5.90. The number of carbonyl (C=O) groups excluding carboxylic acids is 1. The average Bonchev–Trinajstić information content (AvgIpc) is 3.18. The van der Waals surface area contributed by atoms with Crippen molar-refractivity contribution in [3.63, 3.8) is 0 Å². The number of anilines is 1. The Morgan fingerprint density at radius 1 is 1.26 bits per heavy atom. The minimum absolute atomic E-state index is 0.0682. The van der Waals surface area contributed by atoms with Crippen molar-refractivity contribution >= 4 is 39.7 Å². The molecule has 1 fully saturated rings. The van der Waals surface area contributed by atoms with Crippen LogP contribution in [0.15, 0.2) is 22.9 Å².